The van der Waals surface area contributed by atoms with E-state index in [1.807, 2.05) is 19.1 Å². The number of carbonyl (C=O) groups excluding carboxylic acids is 2. The van der Waals surface area contributed by atoms with Gasteiger partial charge in [0.15, 0.2) is 0 Å². The van der Waals surface area contributed by atoms with Gasteiger partial charge in [0.05, 0.1) is 29.3 Å². The van der Waals surface area contributed by atoms with Crippen LogP contribution in [0.3, 0.4) is 0 Å². The van der Waals surface area contributed by atoms with E-state index in [0.29, 0.717) is 23.6 Å². The van der Waals surface area contributed by atoms with Crippen LogP contribution in [0.2, 0.25) is 0 Å². The molecule has 0 aliphatic carbocycles. The lowest BCUT2D eigenvalue weighted by molar-refractivity contribution is -0.139. The quantitative estimate of drug-likeness (QED) is 0.767. The van der Waals surface area contributed by atoms with Crippen LogP contribution in [0.1, 0.15) is 32.4 Å². The normalized spacial score (nSPS) is 17.4. The van der Waals surface area contributed by atoms with Gasteiger partial charge in [0, 0.05) is 5.70 Å². The number of hydrogen-bond donors (Lipinski definition) is 2. The maximum absolute atomic E-state index is 12.2. The van der Waals surface area contributed by atoms with Crippen molar-refractivity contribution in [1.82, 2.24) is 10.6 Å². The van der Waals surface area contributed by atoms with Gasteiger partial charge >= 0.3 is 12.0 Å². The number of urea groups is 1. The van der Waals surface area contributed by atoms with E-state index in [0.717, 1.165) is 10.0 Å². The molecule has 6 nitrogen and oxygen atoms in total. The molecule has 1 unspecified atom stereocenters. The van der Waals surface area contributed by atoms with Crippen molar-refractivity contribution < 1.29 is 19.1 Å². The summed E-state index contributed by atoms with van der Waals surface area (Å²) in [5, 5.41) is 5.37. The van der Waals surface area contributed by atoms with Crippen molar-refractivity contribution in [2.45, 2.75) is 26.8 Å². The van der Waals surface area contributed by atoms with Crippen LogP contribution in [0.5, 0.6) is 5.75 Å². The van der Waals surface area contributed by atoms with Crippen LogP contribution >= 0.6 is 15.9 Å². The maximum Gasteiger partial charge on any atom is 0.338 e. The van der Waals surface area contributed by atoms with Crippen LogP contribution in [-0.4, -0.2) is 25.2 Å². The highest BCUT2D eigenvalue weighted by atomic mass is 79.9. The Morgan fingerprint density at radius 2 is 2.04 bits per heavy atom. The third kappa shape index (κ3) is 3.85. The number of nitrogens with one attached hydrogen (secondary N) is 2. The highest BCUT2D eigenvalue weighted by Gasteiger charge is 2.32. The minimum Gasteiger partial charge on any atom is -0.493 e. The molecule has 0 saturated carbocycles. The van der Waals surface area contributed by atoms with Crippen LogP contribution in [0.4, 0.5) is 4.79 Å². The standard InChI is InChI=1S/C16H19BrN2O4/c1-4-22-12-7-6-10(8-11(12)17)14-13(15(20)23-5-2)9(3)18-16(21)19-14/h6-8,14H,4-5H2,1-3H3,(H2,18,19,21). The van der Waals surface area contributed by atoms with Gasteiger partial charge in [-0.15, -0.1) is 0 Å². The Labute approximate surface area is 143 Å². The number of benzene rings is 1. The van der Waals surface area contributed by atoms with Gasteiger partial charge in [0.2, 0.25) is 0 Å². The molecule has 0 fully saturated rings. The summed E-state index contributed by atoms with van der Waals surface area (Å²) in [6.45, 7) is 6.14. The number of esters is 1. The van der Waals surface area contributed by atoms with Crippen LogP contribution in [-0.2, 0) is 9.53 Å². The maximum atomic E-state index is 12.2. The van der Waals surface area contributed by atoms with E-state index in [-0.39, 0.29) is 12.6 Å². The fourth-order valence-electron chi connectivity index (χ4n) is 2.39. The van der Waals surface area contributed by atoms with Gasteiger partial charge in [-0.1, -0.05) is 6.07 Å². The highest BCUT2D eigenvalue weighted by Crippen LogP contribution is 2.33. The molecule has 124 valence electrons. The fraction of sp³-hybridized carbons (Fsp3) is 0.375. The molecule has 1 aliphatic heterocycles. The topological polar surface area (TPSA) is 76.7 Å². The predicted octanol–water partition coefficient (Wildman–Crippen LogP) is 3.04. The summed E-state index contributed by atoms with van der Waals surface area (Å²) in [5.74, 6) is 0.252. The van der Waals surface area contributed by atoms with Gasteiger partial charge in [0.25, 0.3) is 0 Å². The van der Waals surface area contributed by atoms with Crippen molar-refractivity contribution in [3.05, 3.63) is 39.5 Å². The van der Waals surface area contributed by atoms with Crippen molar-refractivity contribution in [2.75, 3.05) is 13.2 Å². The molecule has 1 aromatic rings. The van der Waals surface area contributed by atoms with Crippen molar-refractivity contribution in [1.29, 1.82) is 0 Å². The van der Waals surface area contributed by atoms with Crippen LogP contribution < -0.4 is 15.4 Å². The van der Waals surface area contributed by atoms with Gasteiger partial charge < -0.3 is 20.1 Å². The molecule has 1 aromatic carbocycles. The summed E-state index contributed by atoms with van der Waals surface area (Å²) < 4.78 is 11.3. The number of rotatable bonds is 5. The van der Waals surface area contributed by atoms with Gasteiger partial charge in [-0.3, -0.25) is 0 Å². The van der Waals surface area contributed by atoms with E-state index in [4.69, 9.17) is 9.47 Å². The van der Waals surface area contributed by atoms with Gasteiger partial charge in [-0.25, -0.2) is 9.59 Å². The second kappa shape index (κ2) is 7.50. The molecule has 2 rings (SSSR count). The molecule has 0 bridgehead atoms. The second-order valence-electron chi connectivity index (χ2n) is 4.91. The summed E-state index contributed by atoms with van der Waals surface area (Å²) in [5.41, 5.74) is 1.64. The first-order chi connectivity index (χ1) is 11.0. The molecule has 2 amide bonds. The Hall–Kier alpha value is -2.02. The van der Waals surface area contributed by atoms with Crippen molar-refractivity contribution >= 4 is 27.9 Å². The molecule has 0 aromatic heterocycles. The molecule has 0 radical (unpaired) electrons. The van der Waals surface area contributed by atoms with Gasteiger partial charge in [-0.2, -0.15) is 0 Å². The zero-order chi connectivity index (χ0) is 17.0. The lowest BCUT2D eigenvalue weighted by atomic mass is 9.95. The van der Waals surface area contributed by atoms with Crippen molar-refractivity contribution in [2.24, 2.45) is 0 Å². The SMILES string of the molecule is CCOC(=O)C1=C(C)NC(=O)NC1c1ccc(OCC)c(Br)c1. The second-order valence-corrected chi connectivity index (χ2v) is 5.77. The molecule has 2 N–H and O–H groups in total. The Morgan fingerprint density at radius 1 is 1.30 bits per heavy atom. The van der Waals surface area contributed by atoms with Crippen LogP contribution in [0, 0.1) is 0 Å². The Bertz CT molecular complexity index is 657. The first kappa shape index (κ1) is 17.3. The minimum atomic E-state index is -0.574. The van der Waals surface area contributed by atoms with Gasteiger partial charge in [-0.05, 0) is 54.4 Å². The first-order valence-corrected chi connectivity index (χ1v) is 8.14. The number of allylic oxidation sites excluding steroid dienone is 1. The molecule has 7 heteroatoms. The molecule has 1 heterocycles. The molecular weight excluding hydrogens is 364 g/mol. The summed E-state index contributed by atoms with van der Waals surface area (Å²) in [6.07, 6.45) is 0. The number of amides is 2. The summed E-state index contributed by atoms with van der Waals surface area (Å²) >= 11 is 3.45. The fourth-order valence-corrected chi connectivity index (χ4v) is 2.90. The van der Waals surface area contributed by atoms with E-state index < -0.39 is 12.0 Å². The van der Waals surface area contributed by atoms with E-state index in [2.05, 4.69) is 26.6 Å². The van der Waals surface area contributed by atoms with Crippen LogP contribution in [0.15, 0.2) is 33.9 Å². The van der Waals surface area contributed by atoms with E-state index in [1.165, 1.54) is 0 Å². The van der Waals surface area contributed by atoms with E-state index in [9.17, 15) is 9.59 Å². The van der Waals surface area contributed by atoms with Crippen LogP contribution in [0.25, 0.3) is 0 Å². The molecule has 23 heavy (non-hydrogen) atoms. The average molecular weight is 383 g/mol. The monoisotopic (exact) mass is 382 g/mol. The lowest BCUT2D eigenvalue weighted by Crippen LogP contribution is -2.45. The van der Waals surface area contributed by atoms with Crippen molar-refractivity contribution in [3.8, 4) is 5.75 Å². The smallest absolute Gasteiger partial charge is 0.338 e. The zero-order valence-electron chi connectivity index (χ0n) is 13.2. The highest BCUT2D eigenvalue weighted by molar-refractivity contribution is 9.10. The Morgan fingerprint density at radius 3 is 2.65 bits per heavy atom. The number of carbonyl (C=O) groups is 2. The first-order valence-electron chi connectivity index (χ1n) is 7.35. The third-order valence-corrected chi connectivity index (χ3v) is 3.97. The average Bonchev–Trinajstić information content (AvgIpc) is 2.48. The third-order valence-electron chi connectivity index (χ3n) is 3.35. The Kier molecular flexibility index (Phi) is 5.65. The molecule has 1 aliphatic rings. The lowest BCUT2D eigenvalue weighted by Gasteiger charge is -2.28. The summed E-state index contributed by atoms with van der Waals surface area (Å²) in [6, 6.07) is 4.52. The molecular formula is C16H19BrN2O4. The van der Waals surface area contributed by atoms with Crippen molar-refractivity contribution in [3.63, 3.8) is 0 Å². The molecule has 0 saturated heterocycles. The molecule has 1 atom stereocenters. The Balaban J connectivity index is 2.42. The minimum absolute atomic E-state index is 0.267. The summed E-state index contributed by atoms with van der Waals surface area (Å²) in [4.78, 5) is 24.0. The molecule has 0 spiro atoms. The van der Waals surface area contributed by atoms with E-state index in [1.54, 1.807) is 19.9 Å². The summed E-state index contributed by atoms with van der Waals surface area (Å²) in [7, 11) is 0. The van der Waals surface area contributed by atoms with E-state index >= 15 is 0 Å². The number of halogens is 1. The number of ether oxygens (including phenoxy) is 2. The largest absolute Gasteiger partial charge is 0.493 e. The number of hydrogen-bond acceptors (Lipinski definition) is 4. The predicted molar refractivity (Wildman–Crippen MR) is 89.1 cm³/mol. The zero-order valence-corrected chi connectivity index (χ0v) is 14.8. The van der Waals surface area contributed by atoms with Gasteiger partial charge in [0.1, 0.15) is 5.75 Å².